The largest absolute Gasteiger partial charge is 0.325 e. The van der Waals surface area contributed by atoms with E-state index in [0.717, 1.165) is 29.7 Å². The van der Waals surface area contributed by atoms with E-state index in [0.29, 0.717) is 5.13 Å². The van der Waals surface area contributed by atoms with Gasteiger partial charge >= 0.3 is 6.03 Å². The van der Waals surface area contributed by atoms with E-state index in [1.54, 1.807) is 6.20 Å². The summed E-state index contributed by atoms with van der Waals surface area (Å²) >= 11 is 1.40. The third kappa shape index (κ3) is 3.32. The number of hydrogen-bond donors (Lipinski definition) is 2. The van der Waals surface area contributed by atoms with Gasteiger partial charge in [0.25, 0.3) is 0 Å². The molecule has 0 saturated carbocycles. The molecule has 2 aromatic rings. The molecule has 5 heteroatoms. The van der Waals surface area contributed by atoms with E-state index < -0.39 is 0 Å². The number of urea groups is 1. The Bertz CT molecular complexity index is 530. The van der Waals surface area contributed by atoms with Gasteiger partial charge in [0, 0.05) is 17.3 Å². The van der Waals surface area contributed by atoms with Gasteiger partial charge in [0.2, 0.25) is 0 Å². The van der Waals surface area contributed by atoms with Crippen LogP contribution in [0.3, 0.4) is 0 Å². The first-order chi connectivity index (χ1) is 9.24. The topological polar surface area (TPSA) is 54.0 Å². The molecule has 0 aliphatic rings. The smallest absolute Gasteiger partial charge is 0.307 e. The lowest BCUT2D eigenvalue weighted by atomic mass is 10.0. The van der Waals surface area contributed by atoms with Crippen molar-refractivity contribution >= 4 is 28.2 Å². The fourth-order valence-electron chi connectivity index (χ4n) is 1.93. The summed E-state index contributed by atoms with van der Waals surface area (Å²) in [5.41, 5.74) is 3.21. The Morgan fingerprint density at radius 2 is 1.89 bits per heavy atom. The van der Waals surface area contributed by atoms with E-state index in [2.05, 4.69) is 29.5 Å². The van der Waals surface area contributed by atoms with Crippen LogP contribution in [-0.4, -0.2) is 11.0 Å². The zero-order valence-electron chi connectivity index (χ0n) is 11.1. The Labute approximate surface area is 116 Å². The van der Waals surface area contributed by atoms with Gasteiger partial charge in [-0.15, -0.1) is 11.3 Å². The first-order valence-corrected chi connectivity index (χ1v) is 7.20. The summed E-state index contributed by atoms with van der Waals surface area (Å²) in [6.07, 6.45) is 3.44. The zero-order chi connectivity index (χ0) is 13.7. The van der Waals surface area contributed by atoms with Gasteiger partial charge in [-0.3, -0.25) is 5.32 Å². The van der Waals surface area contributed by atoms with Crippen molar-refractivity contribution in [3.8, 4) is 0 Å². The second kappa shape index (κ2) is 6.33. The average Bonchev–Trinajstić information content (AvgIpc) is 2.91. The molecular formula is C14H17N3OS. The Hall–Kier alpha value is -1.88. The number of hydrogen-bond acceptors (Lipinski definition) is 3. The maximum absolute atomic E-state index is 12.0. The quantitative estimate of drug-likeness (QED) is 0.888. The van der Waals surface area contributed by atoms with E-state index in [-0.39, 0.29) is 6.03 Å². The van der Waals surface area contributed by atoms with Gasteiger partial charge in [-0.1, -0.05) is 32.0 Å². The maximum atomic E-state index is 12.0. The number of carbonyl (C=O) groups excluding carboxylic acids is 1. The standard InChI is InChI=1S/C14H17N3OS/c1-3-10-6-5-7-11(4-2)12(10)16-13(18)17-14-15-8-9-19-14/h5-9H,3-4H2,1-2H3,(H2,15,16,17,18). The Balaban J connectivity index is 2.15. The third-order valence-electron chi connectivity index (χ3n) is 2.89. The molecule has 2 N–H and O–H groups in total. The van der Waals surface area contributed by atoms with Crippen LogP contribution in [0.1, 0.15) is 25.0 Å². The number of nitrogens with one attached hydrogen (secondary N) is 2. The van der Waals surface area contributed by atoms with Crippen molar-refractivity contribution in [1.82, 2.24) is 4.98 Å². The molecule has 0 bridgehead atoms. The van der Waals surface area contributed by atoms with Gasteiger partial charge in [-0.05, 0) is 24.0 Å². The molecule has 2 amide bonds. The summed E-state index contributed by atoms with van der Waals surface area (Å²) in [5.74, 6) is 0. The van der Waals surface area contributed by atoms with Crippen molar-refractivity contribution in [2.75, 3.05) is 10.6 Å². The summed E-state index contributed by atoms with van der Waals surface area (Å²) in [6.45, 7) is 4.16. The minimum absolute atomic E-state index is 0.245. The van der Waals surface area contributed by atoms with Crippen molar-refractivity contribution in [2.45, 2.75) is 26.7 Å². The van der Waals surface area contributed by atoms with E-state index in [4.69, 9.17) is 0 Å². The highest BCUT2D eigenvalue weighted by molar-refractivity contribution is 7.13. The van der Waals surface area contributed by atoms with Crippen molar-refractivity contribution < 1.29 is 4.79 Å². The number of thiazole rings is 1. The van der Waals surface area contributed by atoms with E-state index in [9.17, 15) is 4.79 Å². The normalized spacial score (nSPS) is 10.2. The highest BCUT2D eigenvalue weighted by atomic mass is 32.1. The summed E-state index contributed by atoms with van der Waals surface area (Å²) in [5, 5.41) is 8.09. The maximum Gasteiger partial charge on any atom is 0.325 e. The lowest BCUT2D eigenvalue weighted by Crippen LogP contribution is -2.21. The molecule has 0 unspecified atom stereocenters. The number of para-hydroxylation sites is 1. The predicted molar refractivity (Wildman–Crippen MR) is 80.0 cm³/mol. The predicted octanol–water partition coefficient (Wildman–Crippen LogP) is 3.91. The van der Waals surface area contributed by atoms with Crippen molar-refractivity contribution in [2.24, 2.45) is 0 Å². The van der Waals surface area contributed by atoms with Gasteiger partial charge in [0.05, 0.1) is 0 Å². The molecule has 19 heavy (non-hydrogen) atoms. The van der Waals surface area contributed by atoms with Crippen LogP contribution < -0.4 is 10.6 Å². The van der Waals surface area contributed by atoms with Crippen molar-refractivity contribution in [1.29, 1.82) is 0 Å². The van der Waals surface area contributed by atoms with Crippen LogP contribution in [-0.2, 0) is 12.8 Å². The van der Waals surface area contributed by atoms with Crippen LogP contribution in [0.2, 0.25) is 0 Å². The molecule has 0 aliphatic carbocycles. The average molecular weight is 275 g/mol. The minimum atomic E-state index is -0.245. The number of amides is 2. The first-order valence-electron chi connectivity index (χ1n) is 6.32. The van der Waals surface area contributed by atoms with Gasteiger partial charge in [-0.25, -0.2) is 9.78 Å². The van der Waals surface area contributed by atoms with Crippen LogP contribution in [0.15, 0.2) is 29.8 Å². The number of benzene rings is 1. The van der Waals surface area contributed by atoms with Crippen LogP contribution >= 0.6 is 11.3 Å². The summed E-state index contributed by atoms with van der Waals surface area (Å²) in [7, 11) is 0. The number of nitrogens with zero attached hydrogens (tertiary/aromatic N) is 1. The van der Waals surface area contributed by atoms with Gasteiger partial charge < -0.3 is 5.32 Å². The molecule has 2 rings (SSSR count). The Kier molecular flexibility index (Phi) is 4.52. The third-order valence-corrected chi connectivity index (χ3v) is 3.58. The fraction of sp³-hybridized carbons (Fsp3) is 0.286. The van der Waals surface area contributed by atoms with Gasteiger partial charge in [0.15, 0.2) is 5.13 Å². The molecule has 0 fully saturated rings. The van der Waals surface area contributed by atoms with Gasteiger partial charge in [0.1, 0.15) is 0 Å². The summed E-state index contributed by atoms with van der Waals surface area (Å²) in [4.78, 5) is 16.0. The van der Waals surface area contributed by atoms with Crippen LogP contribution in [0.5, 0.6) is 0 Å². The minimum Gasteiger partial charge on any atom is -0.307 e. The number of rotatable bonds is 4. The number of anilines is 2. The van der Waals surface area contributed by atoms with E-state index in [1.807, 2.05) is 23.6 Å². The van der Waals surface area contributed by atoms with Crippen LogP contribution in [0.4, 0.5) is 15.6 Å². The summed E-state index contributed by atoms with van der Waals surface area (Å²) < 4.78 is 0. The molecule has 0 spiro atoms. The molecule has 1 aromatic heterocycles. The second-order valence-corrected chi connectivity index (χ2v) is 4.97. The zero-order valence-corrected chi connectivity index (χ0v) is 11.9. The lowest BCUT2D eigenvalue weighted by Gasteiger charge is -2.14. The molecule has 1 heterocycles. The van der Waals surface area contributed by atoms with Crippen molar-refractivity contribution in [3.63, 3.8) is 0 Å². The summed E-state index contributed by atoms with van der Waals surface area (Å²) in [6, 6.07) is 5.86. The number of aryl methyl sites for hydroxylation is 2. The highest BCUT2D eigenvalue weighted by Crippen LogP contribution is 2.23. The Morgan fingerprint density at radius 1 is 1.21 bits per heavy atom. The second-order valence-electron chi connectivity index (χ2n) is 4.07. The van der Waals surface area contributed by atoms with Crippen molar-refractivity contribution in [3.05, 3.63) is 40.9 Å². The van der Waals surface area contributed by atoms with E-state index in [1.165, 1.54) is 11.3 Å². The molecule has 4 nitrogen and oxygen atoms in total. The lowest BCUT2D eigenvalue weighted by molar-refractivity contribution is 0.262. The van der Waals surface area contributed by atoms with Gasteiger partial charge in [-0.2, -0.15) is 0 Å². The van der Waals surface area contributed by atoms with E-state index >= 15 is 0 Å². The Morgan fingerprint density at radius 3 is 2.42 bits per heavy atom. The number of carbonyl (C=O) groups is 1. The fourth-order valence-corrected chi connectivity index (χ4v) is 2.45. The molecule has 1 aromatic carbocycles. The monoisotopic (exact) mass is 275 g/mol. The molecular weight excluding hydrogens is 258 g/mol. The number of aromatic nitrogens is 1. The van der Waals surface area contributed by atoms with Crippen LogP contribution in [0, 0.1) is 0 Å². The highest BCUT2D eigenvalue weighted by Gasteiger charge is 2.10. The molecule has 100 valence electrons. The molecule has 0 atom stereocenters. The SMILES string of the molecule is CCc1cccc(CC)c1NC(=O)Nc1nccs1. The van der Waals surface area contributed by atoms with Crippen LogP contribution in [0.25, 0.3) is 0 Å². The molecule has 0 aliphatic heterocycles. The molecule has 0 saturated heterocycles. The first kappa shape index (κ1) is 13.5. The molecule has 0 radical (unpaired) electrons.